The molecule has 0 aromatic carbocycles. The molecule has 3 rings (SSSR count). The SMILES string of the molecule is O=C(NCCc1cncnc1)N1CCCC1CC1CCCC1. The molecule has 22 heavy (non-hydrogen) atoms. The van der Waals surface area contributed by atoms with Crippen LogP contribution in [0.25, 0.3) is 0 Å². The zero-order valence-corrected chi connectivity index (χ0v) is 13.2. The molecule has 1 saturated carbocycles. The number of hydrogen-bond donors (Lipinski definition) is 1. The summed E-state index contributed by atoms with van der Waals surface area (Å²) in [6, 6.07) is 0.570. The van der Waals surface area contributed by atoms with Crippen molar-refractivity contribution >= 4 is 6.03 Å². The van der Waals surface area contributed by atoms with Crippen LogP contribution in [0.2, 0.25) is 0 Å². The lowest BCUT2D eigenvalue weighted by Gasteiger charge is -2.27. The molecule has 5 heteroatoms. The molecule has 0 radical (unpaired) electrons. The minimum absolute atomic E-state index is 0.109. The van der Waals surface area contributed by atoms with E-state index in [0.29, 0.717) is 12.6 Å². The van der Waals surface area contributed by atoms with Gasteiger partial charge in [-0.05, 0) is 37.2 Å². The highest BCUT2D eigenvalue weighted by Gasteiger charge is 2.31. The first-order chi connectivity index (χ1) is 10.8. The summed E-state index contributed by atoms with van der Waals surface area (Å²) in [4.78, 5) is 22.5. The van der Waals surface area contributed by atoms with E-state index in [-0.39, 0.29) is 6.03 Å². The van der Waals surface area contributed by atoms with Crippen molar-refractivity contribution in [2.45, 2.75) is 57.4 Å². The van der Waals surface area contributed by atoms with Crippen LogP contribution >= 0.6 is 0 Å². The smallest absolute Gasteiger partial charge is 0.317 e. The van der Waals surface area contributed by atoms with E-state index in [1.807, 2.05) is 0 Å². The summed E-state index contributed by atoms with van der Waals surface area (Å²) < 4.78 is 0. The van der Waals surface area contributed by atoms with E-state index in [9.17, 15) is 4.79 Å². The molecule has 1 aromatic rings. The number of rotatable bonds is 5. The molecule has 2 fully saturated rings. The van der Waals surface area contributed by atoms with Crippen LogP contribution in [0, 0.1) is 5.92 Å². The Morgan fingerprint density at radius 2 is 1.95 bits per heavy atom. The fourth-order valence-corrected chi connectivity index (χ4v) is 3.85. The minimum atomic E-state index is 0.109. The molecule has 1 atom stereocenters. The summed E-state index contributed by atoms with van der Waals surface area (Å²) in [6.45, 7) is 1.57. The van der Waals surface area contributed by atoms with Crippen molar-refractivity contribution in [1.29, 1.82) is 0 Å². The largest absolute Gasteiger partial charge is 0.338 e. The molecule has 1 aromatic heterocycles. The first kappa shape index (κ1) is 15.3. The van der Waals surface area contributed by atoms with Crippen molar-refractivity contribution in [3.8, 4) is 0 Å². The number of likely N-dealkylation sites (tertiary alicyclic amines) is 1. The molecule has 1 saturated heterocycles. The maximum Gasteiger partial charge on any atom is 0.317 e. The summed E-state index contributed by atoms with van der Waals surface area (Å²) in [6.07, 6.45) is 14.9. The van der Waals surface area contributed by atoms with Crippen molar-refractivity contribution in [2.24, 2.45) is 5.92 Å². The van der Waals surface area contributed by atoms with Gasteiger partial charge < -0.3 is 10.2 Å². The van der Waals surface area contributed by atoms with Gasteiger partial charge in [-0.3, -0.25) is 0 Å². The number of amides is 2. The van der Waals surface area contributed by atoms with Crippen LogP contribution in [-0.2, 0) is 6.42 Å². The van der Waals surface area contributed by atoms with Gasteiger partial charge in [0.15, 0.2) is 0 Å². The lowest BCUT2D eigenvalue weighted by Crippen LogP contribution is -2.44. The van der Waals surface area contributed by atoms with Gasteiger partial charge in [0.25, 0.3) is 0 Å². The Bertz CT molecular complexity index is 473. The average molecular weight is 302 g/mol. The fraction of sp³-hybridized carbons (Fsp3) is 0.706. The average Bonchev–Trinajstić information content (AvgIpc) is 3.20. The second-order valence-corrected chi connectivity index (χ2v) is 6.60. The van der Waals surface area contributed by atoms with Crippen LogP contribution in [0.15, 0.2) is 18.7 Å². The maximum absolute atomic E-state index is 12.4. The zero-order valence-electron chi connectivity index (χ0n) is 13.2. The number of aromatic nitrogens is 2. The molecule has 0 spiro atoms. The summed E-state index contributed by atoms with van der Waals surface area (Å²) in [5.41, 5.74) is 1.06. The van der Waals surface area contributed by atoms with Crippen LogP contribution < -0.4 is 5.32 Å². The summed E-state index contributed by atoms with van der Waals surface area (Å²) in [5, 5.41) is 3.06. The highest BCUT2D eigenvalue weighted by atomic mass is 16.2. The number of hydrogen-bond acceptors (Lipinski definition) is 3. The van der Waals surface area contributed by atoms with Crippen molar-refractivity contribution in [3.05, 3.63) is 24.3 Å². The molecular formula is C17H26N4O. The molecule has 1 unspecified atom stereocenters. The molecule has 1 aliphatic carbocycles. The standard InChI is InChI=1S/C17H26N4O/c22-17(20-8-7-15-11-18-13-19-12-15)21-9-3-6-16(21)10-14-4-1-2-5-14/h11-14,16H,1-10H2,(H,20,22). The zero-order chi connectivity index (χ0) is 15.2. The van der Waals surface area contributed by atoms with E-state index in [0.717, 1.165) is 30.9 Å². The normalized spacial score (nSPS) is 22.2. The molecule has 2 amide bonds. The molecule has 120 valence electrons. The third kappa shape index (κ3) is 3.96. The van der Waals surface area contributed by atoms with Crippen molar-refractivity contribution < 1.29 is 4.79 Å². The van der Waals surface area contributed by atoms with Crippen molar-refractivity contribution in [1.82, 2.24) is 20.2 Å². The predicted octanol–water partition coefficient (Wildman–Crippen LogP) is 2.77. The summed E-state index contributed by atoms with van der Waals surface area (Å²) in [7, 11) is 0. The minimum Gasteiger partial charge on any atom is -0.338 e. The Morgan fingerprint density at radius 3 is 2.73 bits per heavy atom. The summed E-state index contributed by atoms with van der Waals surface area (Å²) >= 11 is 0. The monoisotopic (exact) mass is 302 g/mol. The topological polar surface area (TPSA) is 58.1 Å². The van der Waals surface area contributed by atoms with Crippen LogP contribution in [0.1, 0.15) is 50.5 Å². The third-order valence-electron chi connectivity index (χ3n) is 5.02. The predicted molar refractivity (Wildman–Crippen MR) is 85.4 cm³/mol. The highest BCUT2D eigenvalue weighted by Crippen LogP contribution is 2.32. The van der Waals surface area contributed by atoms with E-state index >= 15 is 0 Å². The first-order valence-corrected chi connectivity index (χ1v) is 8.61. The number of urea groups is 1. The maximum atomic E-state index is 12.4. The van der Waals surface area contributed by atoms with Gasteiger partial charge in [0.1, 0.15) is 6.33 Å². The van der Waals surface area contributed by atoms with Gasteiger partial charge in [-0.1, -0.05) is 25.7 Å². The highest BCUT2D eigenvalue weighted by molar-refractivity contribution is 5.74. The summed E-state index contributed by atoms with van der Waals surface area (Å²) in [5.74, 6) is 0.847. The van der Waals surface area contributed by atoms with Gasteiger partial charge in [0.2, 0.25) is 0 Å². The Kier molecular flexibility index (Phi) is 5.24. The quantitative estimate of drug-likeness (QED) is 0.910. The molecule has 5 nitrogen and oxygen atoms in total. The number of nitrogens with zero attached hydrogens (tertiary/aromatic N) is 3. The number of nitrogens with one attached hydrogen (secondary N) is 1. The second-order valence-electron chi connectivity index (χ2n) is 6.60. The number of carbonyl (C=O) groups excluding carboxylic acids is 1. The van der Waals surface area contributed by atoms with Gasteiger partial charge in [-0.15, -0.1) is 0 Å². The second kappa shape index (κ2) is 7.56. The van der Waals surface area contributed by atoms with Gasteiger partial charge in [0.05, 0.1) is 0 Å². The first-order valence-electron chi connectivity index (χ1n) is 8.61. The van der Waals surface area contributed by atoms with E-state index in [1.165, 1.54) is 44.9 Å². The van der Waals surface area contributed by atoms with E-state index in [4.69, 9.17) is 0 Å². The van der Waals surface area contributed by atoms with Gasteiger partial charge in [0, 0.05) is 31.5 Å². The van der Waals surface area contributed by atoms with Crippen LogP contribution in [0.5, 0.6) is 0 Å². The third-order valence-corrected chi connectivity index (χ3v) is 5.02. The molecule has 0 bridgehead atoms. The Labute approximate surface area is 132 Å². The Morgan fingerprint density at radius 1 is 1.18 bits per heavy atom. The fourth-order valence-electron chi connectivity index (χ4n) is 3.85. The van der Waals surface area contributed by atoms with Crippen molar-refractivity contribution in [3.63, 3.8) is 0 Å². The lowest BCUT2D eigenvalue weighted by molar-refractivity contribution is 0.184. The van der Waals surface area contributed by atoms with E-state index < -0.39 is 0 Å². The van der Waals surface area contributed by atoms with Gasteiger partial charge >= 0.3 is 6.03 Å². The van der Waals surface area contributed by atoms with Crippen LogP contribution in [0.4, 0.5) is 4.79 Å². The molecular weight excluding hydrogens is 276 g/mol. The van der Waals surface area contributed by atoms with Gasteiger partial charge in [-0.2, -0.15) is 0 Å². The number of carbonyl (C=O) groups is 1. The van der Waals surface area contributed by atoms with Crippen LogP contribution in [0.3, 0.4) is 0 Å². The van der Waals surface area contributed by atoms with Crippen LogP contribution in [-0.4, -0.2) is 40.0 Å². The van der Waals surface area contributed by atoms with E-state index in [2.05, 4.69) is 20.2 Å². The molecule has 1 aliphatic heterocycles. The molecule has 2 heterocycles. The molecule has 2 aliphatic rings. The van der Waals surface area contributed by atoms with E-state index in [1.54, 1.807) is 12.4 Å². The van der Waals surface area contributed by atoms with Gasteiger partial charge in [-0.25, -0.2) is 14.8 Å². The lowest BCUT2D eigenvalue weighted by atomic mass is 9.97. The van der Waals surface area contributed by atoms with Crippen molar-refractivity contribution in [2.75, 3.05) is 13.1 Å². The molecule has 1 N–H and O–H groups in total. The Hall–Kier alpha value is -1.65. The Balaban J connectivity index is 1.44.